The van der Waals surface area contributed by atoms with Gasteiger partial charge in [-0.1, -0.05) is 25.3 Å². The number of rotatable bonds is 19. The Balaban J connectivity index is 4.07. The maximum absolute atomic E-state index is 12.2. The number of nitrogens with zero attached hydrogens (tertiary/aromatic N) is 2. The number of esters is 2. The summed E-state index contributed by atoms with van der Waals surface area (Å²) in [5.41, 5.74) is 0.604. The van der Waals surface area contributed by atoms with E-state index in [4.69, 9.17) is 9.47 Å². The first kappa shape index (κ1) is 37.4. The highest BCUT2D eigenvalue weighted by molar-refractivity contribution is 5.90. The molecule has 0 radical (unpaired) electrons. The Morgan fingerprint density at radius 2 is 1.17 bits per heavy atom. The molecule has 6 amide bonds. The molecule has 14 heteroatoms. The first-order chi connectivity index (χ1) is 19.9. The van der Waals surface area contributed by atoms with E-state index in [1.807, 2.05) is 0 Å². The molecule has 0 aromatic rings. The van der Waals surface area contributed by atoms with Gasteiger partial charge in [0.25, 0.3) is 0 Å². The highest BCUT2D eigenvalue weighted by Crippen LogP contribution is 1.99. The van der Waals surface area contributed by atoms with Gasteiger partial charge >= 0.3 is 24.0 Å². The summed E-state index contributed by atoms with van der Waals surface area (Å²) in [7, 11) is 3.17. The Labute approximate surface area is 247 Å². The van der Waals surface area contributed by atoms with Crippen molar-refractivity contribution in [3.05, 3.63) is 48.6 Å². The van der Waals surface area contributed by atoms with E-state index >= 15 is 0 Å². The third kappa shape index (κ3) is 18.6. The van der Waals surface area contributed by atoms with Crippen molar-refractivity contribution in [3.63, 3.8) is 0 Å². The van der Waals surface area contributed by atoms with Crippen molar-refractivity contribution in [1.82, 2.24) is 31.1 Å². The van der Waals surface area contributed by atoms with E-state index in [0.717, 1.165) is 0 Å². The average Bonchev–Trinajstić information content (AvgIpc) is 2.95. The lowest BCUT2D eigenvalue weighted by atomic mass is 10.2. The Morgan fingerprint density at radius 1 is 0.714 bits per heavy atom. The van der Waals surface area contributed by atoms with Crippen LogP contribution in [-0.4, -0.2) is 112 Å². The van der Waals surface area contributed by atoms with Crippen LogP contribution in [0.15, 0.2) is 48.6 Å². The van der Waals surface area contributed by atoms with Gasteiger partial charge in [-0.3, -0.25) is 9.59 Å². The number of likely N-dealkylation sites (N-methyl/N-ethyl adjacent to an activating group) is 2. The monoisotopic (exact) mass is 592 g/mol. The van der Waals surface area contributed by atoms with E-state index in [-0.39, 0.29) is 57.2 Å². The normalized spacial score (nSPS) is 10.7. The molecule has 0 aliphatic carbocycles. The van der Waals surface area contributed by atoms with Gasteiger partial charge in [0.15, 0.2) is 0 Å². The molecule has 0 fully saturated rings. The van der Waals surface area contributed by atoms with Crippen LogP contribution >= 0.6 is 0 Å². The van der Waals surface area contributed by atoms with Gasteiger partial charge in [-0.15, -0.1) is 0 Å². The van der Waals surface area contributed by atoms with Crippen molar-refractivity contribution in [2.24, 2.45) is 0 Å². The predicted molar refractivity (Wildman–Crippen MR) is 157 cm³/mol. The molecule has 42 heavy (non-hydrogen) atoms. The lowest BCUT2D eigenvalue weighted by Gasteiger charge is -2.17. The molecule has 0 spiro atoms. The number of carbonyl (C=O) groups is 6. The van der Waals surface area contributed by atoms with Gasteiger partial charge in [0.05, 0.1) is 13.2 Å². The summed E-state index contributed by atoms with van der Waals surface area (Å²) in [4.78, 5) is 73.2. The van der Waals surface area contributed by atoms with Crippen molar-refractivity contribution in [1.29, 1.82) is 0 Å². The van der Waals surface area contributed by atoms with Gasteiger partial charge in [-0.05, 0) is 32.8 Å². The quantitative estimate of drug-likeness (QED) is 0.0731. The number of urea groups is 2. The molecule has 0 saturated heterocycles. The fraction of sp³-hybridized carbons (Fsp3) is 0.500. The summed E-state index contributed by atoms with van der Waals surface area (Å²) in [5.74, 6) is -1.59. The number of nitrogens with one attached hydrogen (secondary N) is 4. The molecule has 0 saturated carbocycles. The molecule has 0 bridgehead atoms. The van der Waals surface area contributed by atoms with Gasteiger partial charge in [0.2, 0.25) is 11.8 Å². The average molecular weight is 593 g/mol. The number of hydrogen-bond acceptors (Lipinski definition) is 8. The molecule has 0 aromatic carbocycles. The topological polar surface area (TPSA) is 175 Å². The summed E-state index contributed by atoms with van der Waals surface area (Å²) in [5, 5.41) is 10.5. The molecule has 0 aliphatic heterocycles. The Hall–Kier alpha value is -4.62. The van der Waals surface area contributed by atoms with E-state index in [1.165, 1.54) is 34.1 Å². The van der Waals surface area contributed by atoms with Gasteiger partial charge in [-0.25, -0.2) is 19.2 Å². The fourth-order valence-corrected chi connectivity index (χ4v) is 2.76. The summed E-state index contributed by atoms with van der Waals surface area (Å²) in [6, 6.07) is -0.804. The lowest BCUT2D eigenvalue weighted by molar-refractivity contribution is -0.139. The van der Waals surface area contributed by atoms with E-state index in [1.54, 1.807) is 27.9 Å². The second kappa shape index (κ2) is 22.1. The van der Waals surface area contributed by atoms with Crippen LogP contribution in [0.1, 0.15) is 26.7 Å². The van der Waals surface area contributed by atoms with Crippen LogP contribution in [0.4, 0.5) is 9.59 Å². The highest BCUT2D eigenvalue weighted by Gasteiger charge is 2.09. The van der Waals surface area contributed by atoms with Gasteiger partial charge in [0, 0.05) is 70.6 Å². The zero-order valence-corrected chi connectivity index (χ0v) is 25.0. The van der Waals surface area contributed by atoms with E-state index in [9.17, 15) is 28.8 Å². The van der Waals surface area contributed by atoms with Crippen LogP contribution in [0.5, 0.6) is 0 Å². The third-order valence-electron chi connectivity index (χ3n) is 5.33. The molecule has 0 atom stereocenters. The summed E-state index contributed by atoms with van der Waals surface area (Å²) < 4.78 is 10.1. The first-order valence-corrected chi connectivity index (χ1v) is 13.4. The summed E-state index contributed by atoms with van der Waals surface area (Å²) >= 11 is 0. The van der Waals surface area contributed by atoms with Crippen molar-refractivity contribution >= 4 is 35.8 Å². The fourth-order valence-electron chi connectivity index (χ4n) is 2.76. The molecule has 0 aliphatic rings. The van der Waals surface area contributed by atoms with Gasteiger partial charge in [-0.2, -0.15) is 0 Å². The van der Waals surface area contributed by atoms with Crippen molar-refractivity contribution in [2.45, 2.75) is 26.7 Å². The smallest absolute Gasteiger partial charge is 0.333 e. The minimum atomic E-state index is -0.551. The molecule has 14 nitrogen and oxygen atoms in total. The van der Waals surface area contributed by atoms with Crippen molar-refractivity contribution in [2.75, 3.05) is 66.6 Å². The van der Waals surface area contributed by atoms with Crippen molar-refractivity contribution in [3.8, 4) is 0 Å². The Bertz CT molecular complexity index is 1020. The van der Waals surface area contributed by atoms with E-state index in [2.05, 4.69) is 34.4 Å². The SMILES string of the molecule is C=CC(=O)N(C)CCNC(=O)NCCN(C)C(=O)/C=C/C=C(\C)C(=O)OCCCNC(=O)NCCCOC(=O)C(=C)C. The maximum atomic E-state index is 12.2. The minimum Gasteiger partial charge on any atom is -0.462 e. The molecule has 0 heterocycles. The summed E-state index contributed by atoms with van der Waals surface area (Å²) in [6.45, 7) is 11.9. The zero-order chi connectivity index (χ0) is 31.9. The van der Waals surface area contributed by atoms with E-state index in [0.29, 0.717) is 37.1 Å². The van der Waals surface area contributed by atoms with Crippen LogP contribution < -0.4 is 21.3 Å². The molecular weight excluding hydrogens is 548 g/mol. The second-order valence-electron chi connectivity index (χ2n) is 9.06. The molecule has 0 unspecified atom stereocenters. The molecule has 234 valence electrons. The maximum Gasteiger partial charge on any atom is 0.333 e. The predicted octanol–water partition coefficient (Wildman–Crippen LogP) is 0.633. The van der Waals surface area contributed by atoms with Crippen molar-refractivity contribution < 1.29 is 38.2 Å². The highest BCUT2D eigenvalue weighted by atomic mass is 16.5. The largest absolute Gasteiger partial charge is 0.462 e. The van der Waals surface area contributed by atoms with Gasteiger partial charge in [0.1, 0.15) is 0 Å². The molecular formula is C28H44N6O8. The number of ether oxygens (including phenoxy) is 2. The lowest BCUT2D eigenvalue weighted by Crippen LogP contribution is -2.43. The summed E-state index contributed by atoms with van der Waals surface area (Å²) in [6.07, 6.45) is 6.23. The Kier molecular flexibility index (Phi) is 19.7. The number of carbonyl (C=O) groups excluding carboxylic acids is 6. The zero-order valence-electron chi connectivity index (χ0n) is 25.0. The number of allylic oxidation sites excluding steroid dienone is 2. The molecule has 4 N–H and O–H groups in total. The first-order valence-electron chi connectivity index (χ1n) is 13.4. The van der Waals surface area contributed by atoms with Crippen LogP contribution in [0.2, 0.25) is 0 Å². The van der Waals surface area contributed by atoms with Crippen LogP contribution in [0, 0.1) is 0 Å². The van der Waals surface area contributed by atoms with Gasteiger partial charge < -0.3 is 40.5 Å². The van der Waals surface area contributed by atoms with Crippen LogP contribution in [0.3, 0.4) is 0 Å². The number of hydrogen-bond donors (Lipinski definition) is 4. The standard InChI is InChI=1S/C28H44N6O8/c1-7-23(35)33(5)17-15-31-28(40)32-16-18-34(6)24(36)12-8-11-22(4)26(38)42-20-10-14-30-27(39)29-13-9-19-41-25(37)21(2)3/h7-8,11-12H,1-2,9-10,13-20H2,3-6H3,(H2,29,30,39)(H2,31,32,40)/b12-8+,22-11+. The number of amides is 6. The molecule has 0 aromatic heterocycles. The third-order valence-corrected chi connectivity index (χ3v) is 5.33. The molecule has 0 rings (SSSR count). The van der Waals surface area contributed by atoms with Crippen LogP contribution in [-0.2, 0) is 28.7 Å². The van der Waals surface area contributed by atoms with E-state index < -0.39 is 18.0 Å². The Morgan fingerprint density at radius 3 is 1.64 bits per heavy atom. The minimum absolute atomic E-state index is 0.0940. The van der Waals surface area contributed by atoms with Crippen LogP contribution in [0.25, 0.3) is 0 Å². The second-order valence-corrected chi connectivity index (χ2v) is 9.06.